The first-order valence-corrected chi connectivity index (χ1v) is 10.3. The first-order chi connectivity index (χ1) is 14.2. The summed E-state index contributed by atoms with van der Waals surface area (Å²) in [5, 5.41) is 10.2. The molecule has 2 rings (SSSR count). The molecule has 0 aromatic heterocycles. The Morgan fingerprint density at radius 2 is 1.87 bits per heavy atom. The van der Waals surface area contributed by atoms with E-state index in [1.54, 1.807) is 14.2 Å². The summed E-state index contributed by atoms with van der Waals surface area (Å²) in [5.74, 6) is 1.35. The average molecular weight is 559 g/mol. The van der Waals surface area contributed by atoms with E-state index < -0.39 is 0 Å². The summed E-state index contributed by atoms with van der Waals surface area (Å²) in [6.45, 7) is 7.13. The Kier molecular flexibility index (Phi) is 11.1. The third-order valence-electron chi connectivity index (χ3n) is 4.31. The molecule has 0 saturated heterocycles. The van der Waals surface area contributed by atoms with Crippen LogP contribution in [-0.4, -0.2) is 38.1 Å². The van der Waals surface area contributed by atoms with Crippen LogP contribution in [0.4, 0.5) is 0 Å². The number of hydrogen-bond donors (Lipinski definition) is 3. The van der Waals surface area contributed by atoms with Gasteiger partial charge in [-0.2, -0.15) is 0 Å². The summed E-state index contributed by atoms with van der Waals surface area (Å²) in [6.07, 6.45) is 0.756. The molecule has 0 unspecified atom stereocenters. The van der Waals surface area contributed by atoms with Crippen LogP contribution in [0.5, 0.6) is 5.75 Å². The van der Waals surface area contributed by atoms with Crippen molar-refractivity contribution in [3.8, 4) is 5.75 Å². The number of ether oxygens (including phenoxy) is 1. The molecule has 0 radical (unpaired) electrons. The normalized spacial score (nSPS) is 11.4. The summed E-state index contributed by atoms with van der Waals surface area (Å²) in [7, 11) is 3.35. The van der Waals surface area contributed by atoms with E-state index in [0.717, 1.165) is 23.3 Å². The number of guanidine groups is 1. The standard InChI is InChI=1S/C23H31ClN4O2.HI/c1-23(2,3)28-21(29)18-8-6-7-16(13-18)15-27-22(25-4)26-12-11-17-9-10-19(30-5)14-20(17)24;/h6-10,13-14H,11-12,15H2,1-5H3,(H,28,29)(H2,25,26,27);1H. The zero-order chi connectivity index (χ0) is 22.1. The van der Waals surface area contributed by atoms with Crippen LogP contribution in [0.25, 0.3) is 0 Å². The second kappa shape index (κ2) is 12.8. The smallest absolute Gasteiger partial charge is 0.251 e. The SMILES string of the molecule is CN=C(NCCc1ccc(OC)cc1Cl)NCc1cccc(C(=O)NC(C)(C)C)c1.I. The lowest BCUT2D eigenvalue weighted by Crippen LogP contribution is -2.40. The summed E-state index contributed by atoms with van der Waals surface area (Å²) in [4.78, 5) is 16.6. The Morgan fingerprint density at radius 3 is 2.48 bits per heavy atom. The molecular formula is C23H32ClIN4O2. The fourth-order valence-electron chi connectivity index (χ4n) is 2.82. The molecule has 0 heterocycles. The van der Waals surface area contributed by atoms with E-state index in [0.29, 0.717) is 29.6 Å². The van der Waals surface area contributed by atoms with Crippen LogP contribution in [0.1, 0.15) is 42.3 Å². The van der Waals surface area contributed by atoms with Gasteiger partial charge in [-0.05, 0) is 62.6 Å². The van der Waals surface area contributed by atoms with Gasteiger partial charge in [0.05, 0.1) is 7.11 Å². The van der Waals surface area contributed by atoms with Crippen LogP contribution in [0.2, 0.25) is 5.02 Å². The Hall–Kier alpha value is -2.00. The number of halogens is 2. The van der Waals surface area contributed by atoms with Crippen molar-refractivity contribution in [3.63, 3.8) is 0 Å². The second-order valence-corrected chi connectivity index (χ2v) is 8.37. The van der Waals surface area contributed by atoms with Crippen molar-refractivity contribution in [2.24, 2.45) is 4.99 Å². The lowest BCUT2D eigenvalue weighted by Gasteiger charge is -2.20. The summed E-state index contributed by atoms with van der Waals surface area (Å²) >= 11 is 6.29. The van der Waals surface area contributed by atoms with Crippen LogP contribution >= 0.6 is 35.6 Å². The molecule has 0 fully saturated rings. The molecule has 0 saturated carbocycles. The molecule has 0 aliphatic carbocycles. The van der Waals surface area contributed by atoms with Gasteiger partial charge in [-0.3, -0.25) is 9.79 Å². The summed E-state index contributed by atoms with van der Waals surface area (Å²) in [5.41, 5.74) is 2.40. The summed E-state index contributed by atoms with van der Waals surface area (Å²) < 4.78 is 5.18. The van der Waals surface area contributed by atoms with Crippen LogP contribution in [0.15, 0.2) is 47.5 Å². The number of nitrogens with one attached hydrogen (secondary N) is 3. The highest BCUT2D eigenvalue weighted by molar-refractivity contribution is 14.0. The third-order valence-corrected chi connectivity index (χ3v) is 4.66. The number of benzene rings is 2. The Balaban J connectivity index is 0.00000480. The average Bonchev–Trinajstić information content (AvgIpc) is 2.70. The number of methoxy groups -OCH3 is 1. The molecule has 0 aliphatic heterocycles. The number of amides is 1. The Bertz CT molecular complexity index is 897. The van der Waals surface area contributed by atoms with Gasteiger partial charge in [-0.25, -0.2) is 0 Å². The fourth-order valence-corrected chi connectivity index (χ4v) is 3.08. The van der Waals surface area contributed by atoms with Crippen LogP contribution in [0, 0.1) is 0 Å². The van der Waals surface area contributed by atoms with Gasteiger partial charge >= 0.3 is 0 Å². The highest BCUT2D eigenvalue weighted by Gasteiger charge is 2.15. The molecule has 31 heavy (non-hydrogen) atoms. The minimum atomic E-state index is -0.274. The molecule has 3 N–H and O–H groups in total. The maximum absolute atomic E-state index is 12.4. The van der Waals surface area contributed by atoms with E-state index in [1.807, 2.05) is 63.2 Å². The predicted molar refractivity (Wildman–Crippen MR) is 139 cm³/mol. The van der Waals surface area contributed by atoms with Crippen molar-refractivity contribution in [2.75, 3.05) is 20.7 Å². The number of aliphatic imine (C=N–C) groups is 1. The fraction of sp³-hybridized carbons (Fsp3) is 0.391. The van der Waals surface area contributed by atoms with E-state index in [-0.39, 0.29) is 35.4 Å². The highest BCUT2D eigenvalue weighted by Crippen LogP contribution is 2.22. The monoisotopic (exact) mass is 558 g/mol. The zero-order valence-electron chi connectivity index (χ0n) is 18.7. The van der Waals surface area contributed by atoms with Gasteiger partial charge in [0.2, 0.25) is 0 Å². The number of carbonyl (C=O) groups is 1. The van der Waals surface area contributed by atoms with E-state index >= 15 is 0 Å². The Labute approximate surface area is 207 Å². The lowest BCUT2D eigenvalue weighted by molar-refractivity contribution is 0.0919. The minimum absolute atomic E-state index is 0. The van der Waals surface area contributed by atoms with E-state index in [4.69, 9.17) is 16.3 Å². The maximum atomic E-state index is 12.4. The van der Waals surface area contributed by atoms with Gasteiger partial charge in [0.25, 0.3) is 5.91 Å². The minimum Gasteiger partial charge on any atom is -0.497 e. The van der Waals surface area contributed by atoms with Crippen molar-refractivity contribution in [1.29, 1.82) is 0 Å². The van der Waals surface area contributed by atoms with Crippen LogP contribution in [-0.2, 0) is 13.0 Å². The van der Waals surface area contributed by atoms with Crippen LogP contribution in [0.3, 0.4) is 0 Å². The first-order valence-electron chi connectivity index (χ1n) is 9.90. The van der Waals surface area contributed by atoms with Crippen molar-refractivity contribution in [1.82, 2.24) is 16.0 Å². The molecule has 170 valence electrons. The van der Waals surface area contributed by atoms with Crippen molar-refractivity contribution in [3.05, 3.63) is 64.2 Å². The molecule has 2 aromatic rings. The highest BCUT2D eigenvalue weighted by atomic mass is 127. The van der Waals surface area contributed by atoms with E-state index in [2.05, 4.69) is 20.9 Å². The topological polar surface area (TPSA) is 74.8 Å². The van der Waals surface area contributed by atoms with Crippen molar-refractivity contribution >= 4 is 47.4 Å². The van der Waals surface area contributed by atoms with Gasteiger partial charge in [0.1, 0.15) is 5.75 Å². The Morgan fingerprint density at radius 1 is 1.13 bits per heavy atom. The van der Waals surface area contributed by atoms with Gasteiger partial charge in [-0.15, -0.1) is 24.0 Å². The van der Waals surface area contributed by atoms with E-state index in [9.17, 15) is 4.79 Å². The summed E-state index contributed by atoms with van der Waals surface area (Å²) in [6, 6.07) is 13.2. The predicted octanol–water partition coefficient (Wildman–Crippen LogP) is 4.40. The number of nitrogens with zero attached hydrogens (tertiary/aromatic N) is 1. The van der Waals surface area contributed by atoms with E-state index in [1.165, 1.54) is 0 Å². The quantitative estimate of drug-likeness (QED) is 0.268. The van der Waals surface area contributed by atoms with Crippen molar-refractivity contribution < 1.29 is 9.53 Å². The van der Waals surface area contributed by atoms with Gasteiger partial charge in [-0.1, -0.05) is 29.8 Å². The largest absolute Gasteiger partial charge is 0.497 e. The van der Waals surface area contributed by atoms with Crippen LogP contribution < -0.4 is 20.7 Å². The number of carbonyl (C=O) groups excluding carboxylic acids is 1. The molecule has 0 aliphatic rings. The molecule has 0 bridgehead atoms. The molecule has 0 atom stereocenters. The molecule has 1 amide bonds. The molecule has 8 heteroatoms. The molecule has 0 spiro atoms. The number of rotatable bonds is 7. The first kappa shape index (κ1) is 27.0. The van der Waals surface area contributed by atoms with Gasteiger partial charge < -0.3 is 20.7 Å². The number of hydrogen-bond acceptors (Lipinski definition) is 3. The maximum Gasteiger partial charge on any atom is 0.251 e. The van der Waals surface area contributed by atoms with Gasteiger partial charge in [0, 0.05) is 36.3 Å². The van der Waals surface area contributed by atoms with Gasteiger partial charge in [0.15, 0.2) is 5.96 Å². The third kappa shape index (κ3) is 9.35. The second-order valence-electron chi connectivity index (χ2n) is 7.96. The van der Waals surface area contributed by atoms with Crippen molar-refractivity contribution in [2.45, 2.75) is 39.3 Å². The molecule has 2 aromatic carbocycles. The molecular weight excluding hydrogens is 527 g/mol. The molecule has 6 nitrogen and oxygen atoms in total. The zero-order valence-corrected chi connectivity index (χ0v) is 21.8. The lowest BCUT2D eigenvalue weighted by atomic mass is 10.1.